The van der Waals surface area contributed by atoms with Gasteiger partial charge in [-0.15, -0.1) is 0 Å². The molecule has 1 saturated heterocycles. The van der Waals surface area contributed by atoms with Crippen LogP contribution in [0.15, 0.2) is 28.7 Å². The molecule has 4 heteroatoms. The van der Waals surface area contributed by atoms with Crippen LogP contribution in [0.4, 0.5) is 0 Å². The molecule has 106 valence electrons. The van der Waals surface area contributed by atoms with E-state index in [4.69, 9.17) is 9.52 Å². The van der Waals surface area contributed by atoms with Gasteiger partial charge < -0.3 is 9.52 Å². The van der Waals surface area contributed by atoms with E-state index in [-0.39, 0.29) is 5.76 Å². The molecular weight excluding hydrogens is 254 g/mol. The fourth-order valence-electron chi connectivity index (χ4n) is 3.14. The Hall–Kier alpha value is -1.81. The van der Waals surface area contributed by atoms with E-state index in [1.807, 2.05) is 18.2 Å². The summed E-state index contributed by atoms with van der Waals surface area (Å²) in [5.74, 6) is -0.272. The predicted octanol–water partition coefficient (Wildman–Crippen LogP) is 3.36. The van der Waals surface area contributed by atoms with Gasteiger partial charge in [-0.25, -0.2) is 4.79 Å². The summed E-state index contributed by atoms with van der Waals surface area (Å²) < 4.78 is 5.28. The minimum Gasteiger partial charge on any atom is -0.475 e. The van der Waals surface area contributed by atoms with Gasteiger partial charge in [0, 0.05) is 24.5 Å². The van der Waals surface area contributed by atoms with Crippen LogP contribution in [0.5, 0.6) is 0 Å². The SMILES string of the molecule is CC1CC(C)N(Cc2ccc3oc(C(=O)O)cc3c2)C1. The molecule has 3 rings (SSSR count). The number of carboxylic acid groups (broad SMARTS) is 1. The Kier molecular flexibility index (Phi) is 3.26. The number of furan rings is 1. The lowest BCUT2D eigenvalue weighted by Gasteiger charge is -2.20. The summed E-state index contributed by atoms with van der Waals surface area (Å²) >= 11 is 0. The lowest BCUT2D eigenvalue weighted by Crippen LogP contribution is -2.26. The average molecular weight is 273 g/mol. The molecular formula is C16H19NO3. The predicted molar refractivity (Wildman–Crippen MR) is 76.8 cm³/mol. The lowest BCUT2D eigenvalue weighted by molar-refractivity contribution is 0.0665. The Balaban J connectivity index is 1.84. The fraction of sp³-hybridized carbons (Fsp3) is 0.438. The molecule has 0 radical (unpaired) electrons. The van der Waals surface area contributed by atoms with Gasteiger partial charge in [0.1, 0.15) is 5.58 Å². The molecule has 0 saturated carbocycles. The first-order chi connectivity index (χ1) is 9.52. The van der Waals surface area contributed by atoms with E-state index in [0.29, 0.717) is 11.6 Å². The van der Waals surface area contributed by atoms with E-state index >= 15 is 0 Å². The van der Waals surface area contributed by atoms with Crippen molar-refractivity contribution in [3.8, 4) is 0 Å². The summed E-state index contributed by atoms with van der Waals surface area (Å²) in [4.78, 5) is 13.4. The van der Waals surface area contributed by atoms with Crippen LogP contribution in [0.3, 0.4) is 0 Å². The summed E-state index contributed by atoms with van der Waals surface area (Å²) in [6, 6.07) is 8.12. The second-order valence-electron chi connectivity index (χ2n) is 5.91. The van der Waals surface area contributed by atoms with Crippen molar-refractivity contribution in [3.63, 3.8) is 0 Å². The van der Waals surface area contributed by atoms with Gasteiger partial charge in [-0.05, 0) is 43.0 Å². The van der Waals surface area contributed by atoms with Crippen LogP contribution < -0.4 is 0 Å². The highest BCUT2D eigenvalue weighted by Gasteiger charge is 2.25. The molecule has 20 heavy (non-hydrogen) atoms. The largest absolute Gasteiger partial charge is 0.475 e. The third kappa shape index (κ3) is 2.43. The molecule has 0 bridgehead atoms. The molecule has 0 spiro atoms. The zero-order valence-electron chi connectivity index (χ0n) is 11.8. The Morgan fingerprint density at radius 3 is 2.85 bits per heavy atom. The normalized spacial score (nSPS) is 23.5. The maximum Gasteiger partial charge on any atom is 0.371 e. The minimum absolute atomic E-state index is 0.000290. The quantitative estimate of drug-likeness (QED) is 0.931. The maximum atomic E-state index is 10.9. The van der Waals surface area contributed by atoms with Crippen molar-refractivity contribution in [1.29, 1.82) is 0 Å². The molecule has 1 fully saturated rings. The van der Waals surface area contributed by atoms with Gasteiger partial charge in [0.25, 0.3) is 0 Å². The topological polar surface area (TPSA) is 53.7 Å². The van der Waals surface area contributed by atoms with Crippen molar-refractivity contribution in [2.24, 2.45) is 5.92 Å². The van der Waals surface area contributed by atoms with E-state index in [2.05, 4.69) is 18.7 Å². The number of fused-ring (bicyclic) bond motifs is 1. The highest BCUT2D eigenvalue weighted by Crippen LogP contribution is 2.26. The van der Waals surface area contributed by atoms with E-state index < -0.39 is 5.97 Å². The minimum atomic E-state index is -1.02. The van der Waals surface area contributed by atoms with E-state index in [0.717, 1.165) is 24.4 Å². The van der Waals surface area contributed by atoms with Crippen molar-refractivity contribution in [1.82, 2.24) is 4.90 Å². The standard InChI is InChI=1S/C16H19NO3/c1-10-5-11(2)17(8-10)9-12-3-4-14-13(6-12)7-15(20-14)16(18)19/h3-4,6-7,10-11H,5,8-9H2,1-2H3,(H,18,19). The van der Waals surface area contributed by atoms with Crippen LogP contribution in [0.25, 0.3) is 11.0 Å². The van der Waals surface area contributed by atoms with Crippen molar-refractivity contribution >= 4 is 16.9 Å². The number of carboxylic acids is 1. The van der Waals surface area contributed by atoms with E-state index in [1.165, 1.54) is 12.0 Å². The molecule has 2 heterocycles. The van der Waals surface area contributed by atoms with Crippen molar-refractivity contribution in [2.75, 3.05) is 6.54 Å². The molecule has 1 aromatic heterocycles. The van der Waals surface area contributed by atoms with Crippen LogP contribution in [-0.4, -0.2) is 28.6 Å². The highest BCUT2D eigenvalue weighted by atomic mass is 16.4. The molecule has 4 nitrogen and oxygen atoms in total. The third-order valence-electron chi connectivity index (χ3n) is 4.09. The summed E-state index contributed by atoms with van der Waals surface area (Å²) in [5.41, 5.74) is 1.84. The first-order valence-corrected chi connectivity index (χ1v) is 7.03. The van der Waals surface area contributed by atoms with Crippen molar-refractivity contribution in [2.45, 2.75) is 32.9 Å². The van der Waals surface area contributed by atoms with Gasteiger partial charge in [0.05, 0.1) is 0 Å². The number of likely N-dealkylation sites (tertiary alicyclic amines) is 1. The summed E-state index contributed by atoms with van der Waals surface area (Å²) in [7, 11) is 0. The molecule has 2 aromatic rings. The highest BCUT2D eigenvalue weighted by molar-refractivity contribution is 5.91. The monoisotopic (exact) mass is 273 g/mol. The summed E-state index contributed by atoms with van der Waals surface area (Å²) in [6.45, 7) is 6.59. The number of rotatable bonds is 3. The second kappa shape index (κ2) is 4.94. The van der Waals surface area contributed by atoms with Crippen LogP contribution in [0.1, 0.15) is 36.4 Å². The first-order valence-electron chi connectivity index (χ1n) is 7.03. The number of benzene rings is 1. The molecule has 2 atom stereocenters. The van der Waals surface area contributed by atoms with Crippen LogP contribution in [0, 0.1) is 5.92 Å². The molecule has 1 aromatic carbocycles. The fourth-order valence-corrected chi connectivity index (χ4v) is 3.14. The molecule has 2 unspecified atom stereocenters. The zero-order valence-corrected chi connectivity index (χ0v) is 11.8. The summed E-state index contributed by atoms with van der Waals surface area (Å²) in [5, 5.41) is 9.81. The number of hydrogen-bond acceptors (Lipinski definition) is 3. The molecule has 1 aliphatic heterocycles. The zero-order chi connectivity index (χ0) is 14.3. The Labute approximate surface area is 118 Å². The van der Waals surface area contributed by atoms with Crippen LogP contribution in [-0.2, 0) is 6.54 Å². The number of hydrogen-bond donors (Lipinski definition) is 1. The lowest BCUT2D eigenvalue weighted by atomic mass is 10.1. The molecule has 1 N–H and O–H groups in total. The number of nitrogens with zero attached hydrogens (tertiary/aromatic N) is 1. The summed E-state index contributed by atoms with van der Waals surface area (Å²) in [6.07, 6.45) is 1.25. The van der Waals surface area contributed by atoms with Gasteiger partial charge in [-0.2, -0.15) is 0 Å². The van der Waals surface area contributed by atoms with E-state index in [9.17, 15) is 4.79 Å². The third-order valence-corrected chi connectivity index (χ3v) is 4.09. The van der Waals surface area contributed by atoms with Gasteiger partial charge in [-0.1, -0.05) is 13.0 Å². The van der Waals surface area contributed by atoms with Crippen molar-refractivity contribution in [3.05, 3.63) is 35.6 Å². The van der Waals surface area contributed by atoms with Gasteiger partial charge in [0.15, 0.2) is 0 Å². The Bertz CT molecular complexity index is 646. The van der Waals surface area contributed by atoms with Gasteiger partial charge in [0.2, 0.25) is 5.76 Å². The molecule has 1 aliphatic rings. The van der Waals surface area contributed by atoms with Crippen LogP contribution >= 0.6 is 0 Å². The van der Waals surface area contributed by atoms with Gasteiger partial charge in [-0.3, -0.25) is 4.90 Å². The second-order valence-corrected chi connectivity index (χ2v) is 5.91. The number of aromatic carboxylic acids is 1. The van der Waals surface area contributed by atoms with Crippen molar-refractivity contribution < 1.29 is 14.3 Å². The smallest absolute Gasteiger partial charge is 0.371 e. The molecule has 0 aliphatic carbocycles. The Morgan fingerprint density at radius 2 is 2.20 bits per heavy atom. The molecule has 0 amide bonds. The van der Waals surface area contributed by atoms with E-state index in [1.54, 1.807) is 6.07 Å². The Morgan fingerprint density at radius 1 is 1.40 bits per heavy atom. The van der Waals surface area contributed by atoms with Gasteiger partial charge >= 0.3 is 5.97 Å². The average Bonchev–Trinajstić information content (AvgIpc) is 2.93. The maximum absolute atomic E-state index is 10.9. The number of carbonyl (C=O) groups is 1. The first kappa shape index (κ1) is 13.2. The van der Waals surface area contributed by atoms with Crippen LogP contribution in [0.2, 0.25) is 0 Å².